The molecule has 3 N–H and O–H groups in total. The van der Waals surface area contributed by atoms with Crippen LogP contribution in [-0.4, -0.2) is 28.7 Å². The minimum absolute atomic E-state index is 0.0264. The summed E-state index contributed by atoms with van der Waals surface area (Å²) >= 11 is 0. The summed E-state index contributed by atoms with van der Waals surface area (Å²) in [6, 6.07) is 3.27. The van der Waals surface area contributed by atoms with Gasteiger partial charge in [-0.2, -0.15) is 0 Å². The highest BCUT2D eigenvalue weighted by atomic mass is 16.5. The Labute approximate surface area is 90.4 Å². The van der Waals surface area contributed by atoms with Crippen molar-refractivity contribution in [2.75, 3.05) is 11.9 Å². The third-order valence-corrected chi connectivity index (χ3v) is 1.95. The standard InChI is InChI=1S/C9H9N3O4/c13-7-4-16-6-2-1-5(3-10-9(14)15)11-8(6)12-7/h1-2,10H,3-4H2,(H,14,15)(H,11,12,13). The van der Waals surface area contributed by atoms with Crippen molar-refractivity contribution in [3.8, 4) is 5.75 Å². The van der Waals surface area contributed by atoms with E-state index in [4.69, 9.17) is 9.84 Å². The molecule has 1 aliphatic heterocycles. The van der Waals surface area contributed by atoms with Gasteiger partial charge < -0.3 is 20.5 Å². The van der Waals surface area contributed by atoms with Crippen LogP contribution in [0.15, 0.2) is 12.1 Å². The van der Waals surface area contributed by atoms with Crippen LogP contribution in [0.4, 0.5) is 10.6 Å². The van der Waals surface area contributed by atoms with E-state index in [2.05, 4.69) is 15.6 Å². The molecular formula is C9H9N3O4. The van der Waals surface area contributed by atoms with Gasteiger partial charge in [-0.1, -0.05) is 0 Å². The van der Waals surface area contributed by atoms with Crippen LogP contribution in [0.5, 0.6) is 5.75 Å². The van der Waals surface area contributed by atoms with Gasteiger partial charge in [0.05, 0.1) is 12.2 Å². The molecule has 1 aromatic rings. The summed E-state index contributed by atoms with van der Waals surface area (Å²) in [5.41, 5.74) is 0.506. The summed E-state index contributed by atoms with van der Waals surface area (Å²) < 4.78 is 5.11. The molecule has 7 nitrogen and oxygen atoms in total. The number of carbonyl (C=O) groups excluding carboxylic acids is 1. The maximum Gasteiger partial charge on any atom is 0.404 e. The van der Waals surface area contributed by atoms with Crippen LogP contribution < -0.4 is 15.4 Å². The highest BCUT2D eigenvalue weighted by Gasteiger charge is 2.17. The molecule has 2 rings (SSSR count). The second-order valence-corrected chi connectivity index (χ2v) is 3.14. The van der Waals surface area contributed by atoms with Crippen molar-refractivity contribution in [1.82, 2.24) is 10.3 Å². The van der Waals surface area contributed by atoms with Crippen molar-refractivity contribution in [3.05, 3.63) is 17.8 Å². The number of hydrogen-bond acceptors (Lipinski definition) is 4. The minimum Gasteiger partial charge on any atom is -0.480 e. The number of carboxylic acid groups (broad SMARTS) is 1. The highest BCUT2D eigenvalue weighted by molar-refractivity contribution is 5.94. The van der Waals surface area contributed by atoms with Gasteiger partial charge in [-0.25, -0.2) is 9.78 Å². The van der Waals surface area contributed by atoms with Crippen molar-refractivity contribution in [2.45, 2.75) is 6.54 Å². The number of ether oxygens (including phenoxy) is 1. The summed E-state index contributed by atoms with van der Waals surface area (Å²) in [6.45, 7) is 0.0554. The topological polar surface area (TPSA) is 101 Å². The second-order valence-electron chi connectivity index (χ2n) is 3.14. The van der Waals surface area contributed by atoms with Gasteiger partial charge in [0.15, 0.2) is 18.2 Å². The average molecular weight is 223 g/mol. The molecule has 1 aliphatic rings. The van der Waals surface area contributed by atoms with Gasteiger partial charge >= 0.3 is 6.09 Å². The molecule has 0 fully saturated rings. The first-order valence-electron chi connectivity index (χ1n) is 4.54. The van der Waals surface area contributed by atoms with Crippen molar-refractivity contribution in [3.63, 3.8) is 0 Å². The number of carbonyl (C=O) groups is 2. The molecule has 0 unspecified atom stereocenters. The Morgan fingerprint density at radius 3 is 3.19 bits per heavy atom. The summed E-state index contributed by atoms with van der Waals surface area (Å²) in [4.78, 5) is 25.4. The maximum atomic E-state index is 11.0. The van der Waals surface area contributed by atoms with E-state index in [1.54, 1.807) is 12.1 Å². The largest absolute Gasteiger partial charge is 0.480 e. The van der Waals surface area contributed by atoms with Crippen LogP contribution in [0.3, 0.4) is 0 Å². The number of anilines is 1. The molecule has 7 heteroatoms. The van der Waals surface area contributed by atoms with E-state index in [-0.39, 0.29) is 19.1 Å². The summed E-state index contributed by atoms with van der Waals surface area (Å²) in [5.74, 6) is 0.531. The average Bonchev–Trinajstić information content (AvgIpc) is 2.25. The fraction of sp³-hybridized carbons (Fsp3) is 0.222. The molecule has 0 aromatic carbocycles. The van der Waals surface area contributed by atoms with E-state index in [9.17, 15) is 9.59 Å². The number of nitrogens with one attached hydrogen (secondary N) is 2. The van der Waals surface area contributed by atoms with E-state index in [0.29, 0.717) is 17.3 Å². The summed E-state index contributed by atoms with van der Waals surface area (Å²) in [5, 5.41) is 13.1. The zero-order valence-corrected chi connectivity index (χ0v) is 8.19. The Morgan fingerprint density at radius 2 is 2.44 bits per heavy atom. The smallest absolute Gasteiger partial charge is 0.404 e. The van der Waals surface area contributed by atoms with Crippen LogP contribution in [0.25, 0.3) is 0 Å². The van der Waals surface area contributed by atoms with E-state index < -0.39 is 6.09 Å². The van der Waals surface area contributed by atoms with Crippen molar-refractivity contribution in [2.24, 2.45) is 0 Å². The minimum atomic E-state index is -1.13. The molecule has 0 radical (unpaired) electrons. The third-order valence-electron chi connectivity index (χ3n) is 1.95. The monoisotopic (exact) mass is 223 g/mol. The lowest BCUT2D eigenvalue weighted by atomic mass is 10.3. The molecule has 2 heterocycles. The molecule has 16 heavy (non-hydrogen) atoms. The molecule has 0 aliphatic carbocycles. The zero-order valence-electron chi connectivity index (χ0n) is 8.19. The Bertz CT molecular complexity index is 446. The molecule has 1 aromatic heterocycles. The number of rotatable bonds is 2. The molecule has 0 saturated heterocycles. The molecule has 0 spiro atoms. The second kappa shape index (κ2) is 4.05. The summed E-state index contributed by atoms with van der Waals surface area (Å²) in [6.07, 6.45) is -1.13. The molecular weight excluding hydrogens is 214 g/mol. The maximum absolute atomic E-state index is 11.0. The van der Waals surface area contributed by atoms with Crippen molar-refractivity contribution < 1.29 is 19.4 Å². The number of aromatic nitrogens is 1. The van der Waals surface area contributed by atoms with Gasteiger partial charge in [-0.15, -0.1) is 0 Å². The third kappa shape index (κ3) is 2.19. The molecule has 2 amide bonds. The van der Waals surface area contributed by atoms with Crippen LogP contribution in [0.2, 0.25) is 0 Å². The van der Waals surface area contributed by atoms with Crippen LogP contribution in [-0.2, 0) is 11.3 Å². The SMILES string of the molecule is O=C(O)NCc1ccc2c(n1)NC(=O)CO2. The number of hydrogen-bond donors (Lipinski definition) is 3. The fourth-order valence-electron chi connectivity index (χ4n) is 1.27. The summed E-state index contributed by atoms with van der Waals surface area (Å²) in [7, 11) is 0. The van der Waals surface area contributed by atoms with E-state index >= 15 is 0 Å². The van der Waals surface area contributed by atoms with Crippen LogP contribution in [0.1, 0.15) is 5.69 Å². The van der Waals surface area contributed by atoms with Gasteiger partial charge in [0, 0.05) is 0 Å². The zero-order chi connectivity index (χ0) is 11.5. The number of fused-ring (bicyclic) bond motifs is 1. The van der Waals surface area contributed by atoms with Gasteiger partial charge in [-0.3, -0.25) is 4.79 Å². The van der Waals surface area contributed by atoms with Gasteiger partial charge in [0.2, 0.25) is 0 Å². The Hall–Kier alpha value is -2.31. The predicted octanol–water partition coefficient (Wildman–Crippen LogP) is 0.180. The lowest BCUT2D eigenvalue weighted by Crippen LogP contribution is -2.27. The number of pyridine rings is 1. The van der Waals surface area contributed by atoms with Gasteiger partial charge in [-0.05, 0) is 12.1 Å². The lowest BCUT2D eigenvalue weighted by molar-refractivity contribution is -0.118. The number of amides is 2. The molecule has 84 valence electrons. The Kier molecular flexibility index (Phi) is 2.59. The normalized spacial score (nSPS) is 13.4. The number of nitrogens with zero attached hydrogens (tertiary/aromatic N) is 1. The first-order chi connectivity index (χ1) is 7.65. The molecule has 0 saturated carbocycles. The Balaban J connectivity index is 2.14. The van der Waals surface area contributed by atoms with E-state index in [0.717, 1.165) is 0 Å². The van der Waals surface area contributed by atoms with Crippen LogP contribution >= 0.6 is 0 Å². The first-order valence-corrected chi connectivity index (χ1v) is 4.54. The van der Waals surface area contributed by atoms with E-state index in [1.165, 1.54) is 0 Å². The fourth-order valence-corrected chi connectivity index (χ4v) is 1.27. The van der Waals surface area contributed by atoms with E-state index in [1.807, 2.05) is 0 Å². The predicted molar refractivity (Wildman–Crippen MR) is 53.2 cm³/mol. The van der Waals surface area contributed by atoms with Crippen molar-refractivity contribution >= 4 is 17.8 Å². The lowest BCUT2D eigenvalue weighted by Gasteiger charge is -2.17. The first kappa shape index (κ1) is 10.2. The van der Waals surface area contributed by atoms with Gasteiger partial charge in [0.1, 0.15) is 0 Å². The van der Waals surface area contributed by atoms with Crippen LogP contribution in [0, 0.1) is 0 Å². The Morgan fingerprint density at radius 1 is 1.62 bits per heavy atom. The molecule has 0 bridgehead atoms. The highest BCUT2D eigenvalue weighted by Crippen LogP contribution is 2.24. The quantitative estimate of drug-likeness (QED) is 0.664. The van der Waals surface area contributed by atoms with Crippen molar-refractivity contribution in [1.29, 1.82) is 0 Å². The molecule has 0 atom stereocenters. The van der Waals surface area contributed by atoms with Gasteiger partial charge in [0.25, 0.3) is 5.91 Å².